The van der Waals surface area contributed by atoms with Gasteiger partial charge in [-0.2, -0.15) is 10.5 Å². The van der Waals surface area contributed by atoms with Gasteiger partial charge in [-0.3, -0.25) is 14.9 Å². The van der Waals surface area contributed by atoms with E-state index in [1.807, 2.05) is 0 Å². The van der Waals surface area contributed by atoms with E-state index in [0.717, 1.165) is 25.7 Å². The Bertz CT molecular complexity index is 550. The smallest absolute Gasteiger partial charge is 0.244 e. The lowest BCUT2D eigenvalue weighted by atomic mass is 9.39. The highest BCUT2D eigenvalue weighted by molar-refractivity contribution is 6.03. The van der Waals surface area contributed by atoms with Gasteiger partial charge < -0.3 is 0 Å². The number of imide groups is 1. The van der Waals surface area contributed by atoms with E-state index in [0.29, 0.717) is 11.8 Å². The van der Waals surface area contributed by atoms with Crippen molar-refractivity contribution in [3.05, 3.63) is 0 Å². The quantitative estimate of drug-likeness (QED) is 0.679. The van der Waals surface area contributed by atoms with Gasteiger partial charge in [-0.15, -0.1) is 0 Å². The summed E-state index contributed by atoms with van der Waals surface area (Å²) >= 11 is 0. The van der Waals surface area contributed by atoms with E-state index >= 15 is 0 Å². The zero-order valence-electron chi connectivity index (χ0n) is 11.7. The molecule has 4 bridgehead atoms. The molecule has 2 amide bonds. The molecule has 21 heavy (non-hydrogen) atoms. The summed E-state index contributed by atoms with van der Waals surface area (Å²) < 4.78 is 0. The summed E-state index contributed by atoms with van der Waals surface area (Å²) in [7, 11) is 0. The van der Waals surface area contributed by atoms with Crippen LogP contribution in [-0.2, 0) is 9.59 Å². The molecule has 4 aliphatic carbocycles. The second-order valence-corrected chi connectivity index (χ2v) is 7.28. The largest absolute Gasteiger partial charge is 0.294 e. The van der Waals surface area contributed by atoms with Gasteiger partial charge in [-0.1, -0.05) is 0 Å². The second-order valence-electron chi connectivity index (χ2n) is 7.28. The lowest BCUT2D eigenvalue weighted by Gasteiger charge is -2.64. The molecule has 0 aromatic rings. The average molecular weight is 283 g/mol. The van der Waals surface area contributed by atoms with Gasteiger partial charge >= 0.3 is 0 Å². The maximum Gasteiger partial charge on any atom is 0.244 e. The third kappa shape index (κ3) is 1.39. The topological polar surface area (TPSA) is 93.8 Å². The number of rotatable bonds is 0. The molecule has 1 aliphatic heterocycles. The van der Waals surface area contributed by atoms with E-state index in [4.69, 9.17) is 0 Å². The molecule has 5 heteroatoms. The van der Waals surface area contributed by atoms with E-state index in [2.05, 4.69) is 17.5 Å². The Morgan fingerprint density at radius 3 is 1.67 bits per heavy atom. The van der Waals surface area contributed by atoms with Gasteiger partial charge in [0.25, 0.3) is 0 Å². The monoisotopic (exact) mass is 283 g/mol. The molecule has 0 aromatic heterocycles. The summed E-state index contributed by atoms with van der Waals surface area (Å²) in [5.41, 5.74) is -0.726. The first kappa shape index (κ1) is 12.8. The molecule has 5 nitrogen and oxygen atoms in total. The lowest BCUT2D eigenvalue weighted by Crippen LogP contribution is -2.67. The summed E-state index contributed by atoms with van der Waals surface area (Å²) in [6.07, 6.45) is 5.15. The van der Waals surface area contributed by atoms with Crippen molar-refractivity contribution in [1.29, 1.82) is 10.5 Å². The first-order valence-corrected chi connectivity index (χ1v) is 7.75. The number of piperidine rings is 1. The Morgan fingerprint density at radius 1 is 0.857 bits per heavy atom. The summed E-state index contributed by atoms with van der Waals surface area (Å²) in [4.78, 5) is 24.5. The van der Waals surface area contributed by atoms with Crippen molar-refractivity contribution in [3.8, 4) is 12.1 Å². The third-order valence-corrected chi connectivity index (χ3v) is 6.58. The van der Waals surface area contributed by atoms with E-state index in [1.165, 1.54) is 6.42 Å². The van der Waals surface area contributed by atoms with Crippen LogP contribution in [0.3, 0.4) is 0 Å². The maximum absolute atomic E-state index is 12.2. The summed E-state index contributed by atoms with van der Waals surface area (Å²) in [5, 5.41) is 21.4. The number of carbonyl (C=O) groups excluding carboxylic acids is 2. The molecule has 1 spiro atoms. The predicted molar refractivity (Wildman–Crippen MR) is 70.8 cm³/mol. The van der Waals surface area contributed by atoms with Crippen molar-refractivity contribution in [2.45, 2.75) is 32.1 Å². The molecule has 0 radical (unpaired) electrons. The highest BCUT2D eigenvalue weighted by Gasteiger charge is 2.68. The van der Waals surface area contributed by atoms with Crippen LogP contribution in [0.1, 0.15) is 32.1 Å². The summed E-state index contributed by atoms with van der Waals surface area (Å²) in [6.45, 7) is 0. The SMILES string of the molecule is N#C[C@H]1C(=O)NC(=O)[C@H](C#N)C12C1CC3CC(C1)CC2C3. The highest BCUT2D eigenvalue weighted by atomic mass is 16.2. The average Bonchev–Trinajstić information content (AvgIpc) is 2.43. The van der Waals surface area contributed by atoms with Crippen LogP contribution in [0.5, 0.6) is 0 Å². The Kier molecular flexibility index (Phi) is 2.49. The molecular weight excluding hydrogens is 266 g/mol. The molecule has 5 aliphatic rings. The standard InChI is InChI=1S/C16H17N3O2/c17-6-12-14(20)19-15(21)13(7-18)16(12)10-2-8-1-9(4-10)5-11(16)3-8/h8-13H,1-5H2,(H,19,20,21)/t8?,9?,10?,11?,12-,13-/m0/s1. The molecule has 108 valence electrons. The van der Waals surface area contributed by atoms with Crippen LogP contribution in [-0.4, -0.2) is 11.8 Å². The van der Waals surface area contributed by atoms with E-state index in [1.54, 1.807) is 0 Å². The number of nitrogens with one attached hydrogen (secondary N) is 1. The molecule has 0 aromatic carbocycles. The molecule has 2 atom stereocenters. The van der Waals surface area contributed by atoms with Crippen LogP contribution in [0.25, 0.3) is 0 Å². The van der Waals surface area contributed by atoms with Crippen LogP contribution in [0.15, 0.2) is 0 Å². The normalized spacial score (nSPS) is 46.0. The zero-order valence-corrected chi connectivity index (χ0v) is 11.7. The fourth-order valence-corrected chi connectivity index (χ4v) is 6.17. The fourth-order valence-electron chi connectivity index (χ4n) is 6.17. The van der Waals surface area contributed by atoms with Crippen LogP contribution in [0.2, 0.25) is 0 Å². The number of nitriles is 2. The van der Waals surface area contributed by atoms with Crippen molar-refractivity contribution in [3.63, 3.8) is 0 Å². The number of carbonyl (C=O) groups is 2. The van der Waals surface area contributed by atoms with Crippen molar-refractivity contribution < 1.29 is 9.59 Å². The van der Waals surface area contributed by atoms with Crippen molar-refractivity contribution in [2.24, 2.45) is 40.9 Å². The number of amides is 2. The van der Waals surface area contributed by atoms with E-state index in [9.17, 15) is 20.1 Å². The number of nitrogens with zero attached hydrogens (tertiary/aromatic N) is 2. The Labute approximate surface area is 123 Å². The Hall–Kier alpha value is -1.88. The van der Waals surface area contributed by atoms with Crippen molar-refractivity contribution >= 4 is 11.8 Å². The van der Waals surface area contributed by atoms with Gasteiger partial charge in [0.2, 0.25) is 11.8 Å². The number of hydrogen-bond donors (Lipinski definition) is 1. The fraction of sp³-hybridized carbons (Fsp3) is 0.750. The van der Waals surface area contributed by atoms with Crippen LogP contribution in [0, 0.1) is 63.6 Å². The second kappa shape index (κ2) is 4.07. The van der Waals surface area contributed by atoms with Gasteiger partial charge in [0.1, 0.15) is 11.8 Å². The lowest BCUT2D eigenvalue weighted by molar-refractivity contribution is -0.180. The molecule has 1 heterocycles. The van der Waals surface area contributed by atoms with Crippen LogP contribution >= 0.6 is 0 Å². The van der Waals surface area contributed by atoms with E-state index < -0.39 is 29.1 Å². The first-order chi connectivity index (χ1) is 10.1. The minimum absolute atomic E-state index is 0.179. The van der Waals surface area contributed by atoms with Gasteiger partial charge in [0, 0.05) is 5.41 Å². The summed E-state index contributed by atoms with van der Waals surface area (Å²) in [5.74, 6) is -0.988. The molecule has 5 fully saturated rings. The molecular formula is C16H17N3O2. The van der Waals surface area contributed by atoms with Crippen LogP contribution in [0.4, 0.5) is 0 Å². The zero-order chi connectivity index (χ0) is 14.8. The van der Waals surface area contributed by atoms with Gasteiger partial charge in [-0.25, -0.2) is 0 Å². The van der Waals surface area contributed by atoms with Gasteiger partial charge in [0.15, 0.2) is 0 Å². The summed E-state index contributed by atoms with van der Waals surface area (Å²) in [6, 6.07) is 4.28. The van der Waals surface area contributed by atoms with Crippen LogP contribution < -0.4 is 5.32 Å². The molecule has 1 N–H and O–H groups in total. The maximum atomic E-state index is 12.2. The number of hydrogen-bond acceptors (Lipinski definition) is 4. The van der Waals surface area contributed by atoms with E-state index in [-0.39, 0.29) is 11.8 Å². The minimum atomic E-state index is -0.852. The van der Waals surface area contributed by atoms with Crippen molar-refractivity contribution in [1.82, 2.24) is 5.32 Å². The van der Waals surface area contributed by atoms with Gasteiger partial charge in [0.05, 0.1) is 12.1 Å². The van der Waals surface area contributed by atoms with Crippen molar-refractivity contribution in [2.75, 3.05) is 0 Å². The molecule has 5 rings (SSSR count). The molecule has 1 saturated heterocycles. The van der Waals surface area contributed by atoms with Gasteiger partial charge in [-0.05, 0) is 55.8 Å². The molecule has 4 saturated carbocycles. The molecule has 0 unspecified atom stereocenters. The minimum Gasteiger partial charge on any atom is -0.294 e. The highest BCUT2D eigenvalue weighted by Crippen LogP contribution is 2.67. The first-order valence-electron chi connectivity index (χ1n) is 7.75. The Morgan fingerprint density at radius 2 is 1.29 bits per heavy atom. The predicted octanol–water partition coefficient (Wildman–Crippen LogP) is 1.36. The Balaban J connectivity index is 1.89. The third-order valence-electron chi connectivity index (χ3n) is 6.58.